The number of H-pyrrole nitrogens is 1. The van der Waals surface area contributed by atoms with Crippen LogP contribution < -0.4 is 0 Å². The summed E-state index contributed by atoms with van der Waals surface area (Å²) < 4.78 is 2.27. The van der Waals surface area contributed by atoms with Crippen molar-refractivity contribution in [1.82, 2.24) is 20.2 Å². The van der Waals surface area contributed by atoms with E-state index >= 15 is 0 Å². The molecule has 0 aliphatic carbocycles. The Kier molecular flexibility index (Phi) is 7.24. The zero-order valence-corrected chi connectivity index (χ0v) is 11.3. The highest BCUT2D eigenvalue weighted by Gasteiger charge is 1.97. The molecule has 18 heavy (non-hydrogen) atoms. The number of hydrogen-bond acceptors (Lipinski definition) is 4. The van der Waals surface area contributed by atoms with Crippen LogP contribution in [0.4, 0.5) is 0 Å². The van der Waals surface area contributed by atoms with Gasteiger partial charge in [0.25, 0.3) is 0 Å². The van der Waals surface area contributed by atoms with Gasteiger partial charge in [0.1, 0.15) is 0 Å². The third-order valence-corrected chi connectivity index (χ3v) is 3.11. The Morgan fingerprint density at radius 3 is 2.33 bits per heavy atom. The summed E-state index contributed by atoms with van der Waals surface area (Å²) in [5.41, 5.74) is 0. The first-order valence-electron chi connectivity index (χ1n) is 6.40. The lowest BCUT2D eigenvalue weighted by molar-refractivity contribution is -0.137. The van der Waals surface area contributed by atoms with Crippen molar-refractivity contribution in [3.05, 3.63) is 4.77 Å². The summed E-state index contributed by atoms with van der Waals surface area (Å²) in [6.07, 6.45) is 7.80. The van der Waals surface area contributed by atoms with Crippen molar-refractivity contribution >= 4 is 18.2 Å². The predicted octanol–water partition coefficient (Wildman–Crippen LogP) is 2.54. The minimum atomic E-state index is -0.695. The van der Waals surface area contributed by atoms with Crippen LogP contribution in [-0.2, 0) is 11.3 Å². The molecule has 0 saturated carbocycles. The normalized spacial score (nSPS) is 10.7. The maximum absolute atomic E-state index is 10.3. The zero-order chi connectivity index (χ0) is 13.2. The average molecular weight is 272 g/mol. The van der Waals surface area contributed by atoms with E-state index in [1.165, 1.54) is 12.8 Å². The number of hydrogen-bond donors (Lipinski definition) is 2. The molecular weight excluding hydrogens is 252 g/mol. The molecule has 1 aromatic heterocycles. The molecular formula is C11H20N4O2S. The van der Waals surface area contributed by atoms with E-state index in [9.17, 15) is 4.79 Å². The second kappa shape index (κ2) is 8.79. The Bertz CT molecular complexity index is 402. The Labute approximate surface area is 111 Å². The third-order valence-electron chi connectivity index (χ3n) is 2.80. The maximum Gasteiger partial charge on any atom is 0.303 e. The molecule has 0 aromatic carbocycles. The van der Waals surface area contributed by atoms with E-state index in [0.29, 0.717) is 11.2 Å². The molecule has 0 saturated heterocycles. The molecule has 0 aliphatic rings. The monoisotopic (exact) mass is 272 g/mol. The topological polar surface area (TPSA) is 83.8 Å². The smallest absolute Gasteiger partial charge is 0.303 e. The first-order valence-corrected chi connectivity index (χ1v) is 6.80. The number of nitrogens with zero attached hydrogens (tertiary/aromatic N) is 3. The number of aliphatic carboxylic acids is 1. The fraction of sp³-hybridized carbons (Fsp3) is 0.818. The largest absolute Gasteiger partial charge is 0.481 e. The summed E-state index contributed by atoms with van der Waals surface area (Å²) in [5, 5.41) is 18.5. The minimum absolute atomic E-state index is 0.297. The third kappa shape index (κ3) is 6.48. The van der Waals surface area contributed by atoms with E-state index in [0.717, 1.165) is 38.6 Å². The standard InChI is InChI=1S/C11H20N4O2S/c16-10(17)8-6-4-2-1-3-5-7-9-15-11(18)12-13-14-15/h1-9H2,(H,16,17)(H,12,14,18). The van der Waals surface area contributed by atoms with Gasteiger partial charge in [-0.3, -0.25) is 4.79 Å². The summed E-state index contributed by atoms with van der Waals surface area (Å²) >= 11 is 4.97. The molecule has 0 bridgehead atoms. The minimum Gasteiger partial charge on any atom is -0.481 e. The number of carboxylic acid groups (broad SMARTS) is 1. The molecule has 1 rings (SSSR count). The number of aryl methyl sites for hydroxylation is 1. The Hall–Kier alpha value is -1.24. The van der Waals surface area contributed by atoms with E-state index in [2.05, 4.69) is 15.5 Å². The fourth-order valence-corrected chi connectivity index (χ4v) is 1.96. The molecule has 0 spiro atoms. The van der Waals surface area contributed by atoms with Gasteiger partial charge in [-0.05, 0) is 25.1 Å². The van der Waals surface area contributed by atoms with Crippen LogP contribution in [0, 0.1) is 4.77 Å². The van der Waals surface area contributed by atoms with Crippen LogP contribution in [-0.4, -0.2) is 31.3 Å². The molecule has 6 nitrogen and oxygen atoms in total. The van der Waals surface area contributed by atoms with Crippen LogP contribution in [0.1, 0.15) is 51.4 Å². The van der Waals surface area contributed by atoms with Crippen molar-refractivity contribution in [3.8, 4) is 0 Å². The van der Waals surface area contributed by atoms with Crippen LogP contribution in [0.5, 0.6) is 0 Å². The second-order valence-corrected chi connectivity index (χ2v) is 4.72. The molecule has 0 radical (unpaired) electrons. The van der Waals surface area contributed by atoms with Gasteiger partial charge < -0.3 is 5.11 Å². The molecule has 0 amide bonds. The molecule has 2 N–H and O–H groups in total. The first-order chi connectivity index (χ1) is 8.70. The van der Waals surface area contributed by atoms with Crippen molar-refractivity contribution in [1.29, 1.82) is 0 Å². The molecule has 7 heteroatoms. The highest BCUT2D eigenvalue weighted by atomic mass is 32.1. The van der Waals surface area contributed by atoms with Gasteiger partial charge in [-0.2, -0.15) is 5.21 Å². The molecule has 102 valence electrons. The van der Waals surface area contributed by atoms with Crippen molar-refractivity contribution in [2.24, 2.45) is 0 Å². The number of unbranched alkanes of at least 4 members (excludes halogenated alkanes) is 6. The lowest BCUT2D eigenvalue weighted by atomic mass is 10.1. The van der Waals surface area contributed by atoms with Crippen LogP contribution in [0.15, 0.2) is 0 Å². The summed E-state index contributed by atoms with van der Waals surface area (Å²) in [4.78, 5) is 10.3. The molecule has 1 aromatic rings. The zero-order valence-electron chi connectivity index (χ0n) is 10.5. The number of carbonyl (C=O) groups is 1. The number of carboxylic acids is 1. The van der Waals surface area contributed by atoms with Gasteiger partial charge in [0.15, 0.2) is 0 Å². The van der Waals surface area contributed by atoms with Crippen LogP contribution in [0.2, 0.25) is 0 Å². The van der Waals surface area contributed by atoms with Gasteiger partial charge in [-0.1, -0.05) is 42.4 Å². The number of aromatic nitrogens is 4. The summed E-state index contributed by atoms with van der Waals surface area (Å²) in [6, 6.07) is 0. The Morgan fingerprint density at radius 2 is 1.78 bits per heavy atom. The van der Waals surface area contributed by atoms with Crippen molar-refractivity contribution in [2.45, 2.75) is 57.9 Å². The average Bonchev–Trinajstić information content (AvgIpc) is 2.72. The number of nitrogens with one attached hydrogen (secondary N) is 1. The second-order valence-electron chi connectivity index (χ2n) is 4.35. The molecule has 0 aliphatic heterocycles. The summed E-state index contributed by atoms with van der Waals surface area (Å²) in [7, 11) is 0. The highest BCUT2D eigenvalue weighted by Crippen LogP contribution is 2.09. The van der Waals surface area contributed by atoms with Crippen LogP contribution in [0.25, 0.3) is 0 Å². The van der Waals surface area contributed by atoms with Crippen molar-refractivity contribution in [2.75, 3.05) is 0 Å². The van der Waals surface area contributed by atoms with E-state index in [-0.39, 0.29) is 0 Å². The Morgan fingerprint density at radius 1 is 1.17 bits per heavy atom. The van der Waals surface area contributed by atoms with Gasteiger partial charge in [0, 0.05) is 13.0 Å². The van der Waals surface area contributed by atoms with Gasteiger partial charge in [0.2, 0.25) is 4.77 Å². The van der Waals surface area contributed by atoms with E-state index < -0.39 is 5.97 Å². The van der Waals surface area contributed by atoms with Crippen LogP contribution in [0.3, 0.4) is 0 Å². The predicted molar refractivity (Wildman–Crippen MR) is 69.8 cm³/mol. The lowest BCUT2D eigenvalue weighted by Crippen LogP contribution is -2.00. The summed E-state index contributed by atoms with van der Waals surface area (Å²) in [6.45, 7) is 0.838. The van der Waals surface area contributed by atoms with Gasteiger partial charge >= 0.3 is 5.97 Å². The van der Waals surface area contributed by atoms with E-state index in [1.54, 1.807) is 4.68 Å². The van der Waals surface area contributed by atoms with Gasteiger partial charge in [-0.15, -0.1) is 0 Å². The molecule has 0 fully saturated rings. The number of rotatable bonds is 10. The van der Waals surface area contributed by atoms with Crippen molar-refractivity contribution < 1.29 is 9.90 Å². The van der Waals surface area contributed by atoms with Gasteiger partial charge in [-0.25, -0.2) is 4.68 Å². The molecule has 0 unspecified atom stereocenters. The lowest BCUT2D eigenvalue weighted by Gasteiger charge is -2.02. The quantitative estimate of drug-likeness (QED) is 0.505. The SMILES string of the molecule is O=C(O)CCCCCCCCCn1[nH]nnc1=S. The Balaban J connectivity index is 1.89. The number of tetrazole rings is 1. The van der Waals surface area contributed by atoms with Gasteiger partial charge in [0.05, 0.1) is 0 Å². The first kappa shape index (κ1) is 14.8. The van der Waals surface area contributed by atoms with E-state index in [1.807, 2.05) is 0 Å². The molecule has 0 atom stereocenters. The maximum atomic E-state index is 10.3. The van der Waals surface area contributed by atoms with E-state index in [4.69, 9.17) is 17.3 Å². The van der Waals surface area contributed by atoms with Crippen molar-refractivity contribution in [3.63, 3.8) is 0 Å². The summed E-state index contributed by atoms with van der Waals surface area (Å²) in [5.74, 6) is -0.695. The highest BCUT2D eigenvalue weighted by molar-refractivity contribution is 7.71. The number of aromatic amines is 1. The molecule has 1 heterocycles. The van der Waals surface area contributed by atoms with Crippen LogP contribution >= 0.6 is 12.2 Å². The fourth-order valence-electron chi connectivity index (χ4n) is 1.79.